The van der Waals surface area contributed by atoms with E-state index in [-0.39, 0.29) is 36.6 Å². The van der Waals surface area contributed by atoms with E-state index < -0.39 is 11.3 Å². The maximum atomic E-state index is 13.6. The zero-order chi connectivity index (χ0) is 19.8. The van der Waals surface area contributed by atoms with Gasteiger partial charge in [0.2, 0.25) is 17.7 Å². The fourth-order valence-corrected chi connectivity index (χ4v) is 3.79. The lowest BCUT2D eigenvalue weighted by atomic mass is 9.89. The molecule has 28 heavy (non-hydrogen) atoms. The normalized spacial score (nSPS) is 27.2. The Labute approximate surface area is 161 Å². The van der Waals surface area contributed by atoms with Gasteiger partial charge in [0.25, 0.3) is 5.89 Å². The zero-order valence-electron chi connectivity index (χ0n) is 15.7. The number of rotatable bonds is 4. The molecule has 2 N–H and O–H groups in total. The van der Waals surface area contributed by atoms with E-state index in [0.717, 1.165) is 0 Å². The van der Waals surface area contributed by atoms with Gasteiger partial charge in [0, 0.05) is 31.6 Å². The Hall–Kier alpha value is -2.58. The lowest BCUT2D eigenvalue weighted by molar-refractivity contribution is -0.124. The van der Waals surface area contributed by atoms with Crippen molar-refractivity contribution >= 4 is 11.7 Å². The minimum Gasteiger partial charge on any atom is -0.419 e. The Morgan fingerprint density at radius 2 is 2.11 bits per heavy atom. The number of aromatic nitrogens is 3. The van der Waals surface area contributed by atoms with Crippen molar-refractivity contribution in [1.29, 1.82) is 0 Å². The number of nitrogens with zero attached hydrogens (tertiary/aromatic N) is 3. The quantitative estimate of drug-likeness (QED) is 0.777. The molecule has 2 aromatic heterocycles. The molecule has 1 aliphatic carbocycles. The smallest absolute Gasteiger partial charge is 0.251 e. The van der Waals surface area contributed by atoms with E-state index in [1.807, 2.05) is 0 Å². The highest BCUT2D eigenvalue weighted by Gasteiger charge is 2.44. The van der Waals surface area contributed by atoms with Crippen LogP contribution in [-0.4, -0.2) is 39.6 Å². The van der Waals surface area contributed by atoms with E-state index in [1.165, 1.54) is 0 Å². The number of halogens is 2. The molecule has 2 fully saturated rings. The topological polar surface area (TPSA) is 92.9 Å². The molecule has 1 amide bonds. The van der Waals surface area contributed by atoms with E-state index in [2.05, 4.69) is 25.8 Å². The van der Waals surface area contributed by atoms with Crippen molar-refractivity contribution in [2.45, 2.75) is 62.8 Å². The molecule has 2 atom stereocenters. The van der Waals surface area contributed by atoms with Gasteiger partial charge in [-0.3, -0.25) is 4.79 Å². The predicted molar refractivity (Wildman–Crippen MR) is 98.0 cm³/mol. The van der Waals surface area contributed by atoms with Crippen LogP contribution in [0.15, 0.2) is 22.7 Å². The third-order valence-corrected chi connectivity index (χ3v) is 5.64. The molecule has 4 rings (SSSR count). The van der Waals surface area contributed by atoms with Crippen molar-refractivity contribution < 1.29 is 18.0 Å². The lowest BCUT2D eigenvalue weighted by Gasteiger charge is -2.18. The summed E-state index contributed by atoms with van der Waals surface area (Å²) in [5, 5.41) is 14.3. The van der Waals surface area contributed by atoms with Crippen LogP contribution in [0, 0.1) is 0 Å². The van der Waals surface area contributed by atoms with Crippen LogP contribution in [0.2, 0.25) is 0 Å². The summed E-state index contributed by atoms with van der Waals surface area (Å²) in [4.78, 5) is 16.5. The fourth-order valence-electron chi connectivity index (χ4n) is 3.79. The van der Waals surface area contributed by atoms with Crippen LogP contribution < -0.4 is 10.6 Å². The highest BCUT2D eigenvalue weighted by molar-refractivity contribution is 5.88. The summed E-state index contributed by atoms with van der Waals surface area (Å²) in [6, 6.07) is 3.44. The number of anilines is 1. The average Bonchev–Trinajstić information content (AvgIpc) is 3.24. The van der Waals surface area contributed by atoms with Crippen molar-refractivity contribution in [3.8, 4) is 11.5 Å². The maximum absolute atomic E-state index is 13.6. The molecule has 0 radical (unpaired) electrons. The Balaban J connectivity index is 1.56. The minimum atomic E-state index is -2.60. The summed E-state index contributed by atoms with van der Waals surface area (Å²) in [5.74, 6) is -1.69. The number of pyridine rings is 1. The molecule has 3 heterocycles. The van der Waals surface area contributed by atoms with Crippen LogP contribution in [0.5, 0.6) is 0 Å². The molecule has 150 valence electrons. The summed E-state index contributed by atoms with van der Waals surface area (Å²) in [7, 11) is 0. The average molecular weight is 391 g/mol. The maximum Gasteiger partial charge on any atom is 0.251 e. The molecule has 2 aliphatic rings. The van der Waals surface area contributed by atoms with Crippen molar-refractivity contribution in [1.82, 2.24) is 20.5 Å². The summed E-state index contributed by atoms with van der Waals surface area (Å²) in [6.07, 6.45) is 3.49. The first-order valence-corrected chi connectivity index (χ1v) is 9.59. The van der Waals surface area contributed by atoms with Crippen LogP contribution in [0.25, 0.3) is 11.5 Å². The van der Waals surface area contributed by atoms with E-state index in [4.69, 9.17) is 4.42 Å². The van der Waals surface area contributed by atoms with Crippen molar-refractivity contribution in [2.75, 3.05) is 11.9 Å². The molecule has 0 aromatic carbocycles. The molecule has 2 aromatic rings. The van der Waals surface area contributed by atoms with Crippen LogP contribution in [0.1, 0.15) is 51.3 Å². The SMILES string of the molecule is CC1(c2nnc(-c3cccnc3NC3CCCC(F)(F)CC3)o2)CCNC1=O. The van der Waals surface area contributed by atoms with Gasteiger partial charge in [0.1, 0.15) is 11.2 Å². The first kappa shape index (κ1) is 18.8. The third-order valence-electron chi connectivity index (χ3n) is 5.64. The minimum absolute atomic E-state index is 0.0755. The fraction of sp³-hybridized carbons (Fsp3) is 0.579. The van der Waals surface area contributed by atoms with E-state index in [0.29, 0.717) is 43.6 Å². The number of nitrogens with one attached hydrogen (secondary N) is 2. The molecule has 9 heteroatoms. The molecular formula is C19H23F2N5O2. The molecule has 0 bridgehead atoms. The highest BCUT2D eigenvalue weighted by atomic mass is 19.3. The molecule has 0 spiro atoms. The summed E-state index contributed by atoms with van der Waals surface area (Å²) >= 11 is 0. The number of carbonyl (C=O) groups excluding carboxylic acids is 1. The Morgan fingerprint density at radius 3 is 2.89 bits per heavy atom. The Bertz CT molecular complexity index is 872. The molecule has 1 saturated carbocycles. The second-order valence-corrected chi connectivity index (χ2v) is 7.78. The highest BCUT2D eigenvalue weighted by Crippen LogP contribution is 2.35. The van der Waals surface area contributed by atoms with Gasteiger partial charge in [-0.05, 0) is 44.7 Å². The monoisotopic (exact) mass is 391 g/mol. The van der Waals surface area contributed by atoms with Crippen LogP contribution in [-0.2, 0) is 10.2 Å². The summed E-state index contributed by atoms with van der Waals surface area (Å²) < 4.78 is 33.1. The van der Waals surface area contributed by atoms with Crippen LogP contribution in [0.4, 0.5) is 14.6 Å². The van der Waals surface area contributed by atoms with Crippen molar-refractivity contribution in [2.24, 2.45) is 0 Å². The number of hydrogen-bond donors (Lipinski definition) is 2. The molecule has 7 nitrogen and oxygen atoms in total. The van der Waals surface area contributed by atoms with Gasteiger partial charge in [-0.1, -0.05) is 0 Å². The standard InChI is InChI=1S/C19H23F2N5O2/c1-18(9-11-23-16(18)27)17-26-25-15(28-17)13-5-3-10-22-14(13)24-12-4-2-7-19(20,21)8-6-12/h3,5,10,12H,2,4,6-9,11H2,1H3,(H,22,24)(H,23,27). The number of alkyl halides is 2. The summed E-state index contributed by atoms with van der Waals surface area (Å²) in [5.41, 5.74) is -0.243. The van der Waals surface area contributed by atoms with Gasteiger partial charge < -0.3 is 15.1 Å². The molecular weight excluding hydrogens is 368 g/mol. The van der Waals surface area contributed by atoms with Crippen molar-refractivity contribution in [3.05, 3.63) is 24.2 Å². The van der Waals surface area contributed by atoms with Crippen LogP contribution >= 0.6 is 0 Å². The predicted octanol–water partition coefficient (Wildman–Crippen LogP) is 3.29. The first-order chi connectivity index (χ1) is 13.4. The first-order valence-electron chi connectivity index (χ1n) is 9.59. The largest absolute Gasteiger partial charge is 0.419 e. The third kappa shape index (κ3) is 3.57. The number of amides is 1. The molecule has 1 aliphatic heterocycles. The van der Waals surface area contributed by atoms with Gasteiger partial charge >= 0.3 is 0 Å². The van der Waals surface area contributed by atoms with Crippen molar-refractivity contribution in [3.63, 3.8) is 0 Å². The second kappa shape index (κ2) is 7.10. The Morgan fingerprint density at radius 1 is 1.25 bits per heavy atom. The van der Waals surface area contributed by atoms with E-state index in [9.17, 15) is 13.6 Å². The van der Waals surface area contributed by atoms with Gasteiger partial charge in [0.05, 0.1) is 5.56 Å². The lowest BCUT2D eigenvalue weighted by Crippen LogP contribution is -2.32. The van der Waals surface area contributed by atoms with Gasteiger partial charge in [0.15, 0.2) is 0 Å². The number of carbonyl (C=O) groups is 1. The zero-order valence-corrected chi connectivity index (χ0v) is 15.7. The second-order valence-electron chi connectivity index (χ2n) is 7.78. The Kier molecular flexibility index (Phi) is 4.76. The van der Waals surface area contributed by atoms with Gasteiger partial charge in [-0.15, -0.1) is 10.2 Å². The van der Waals surface area contributed by atoms with Gasteiger partial charge in [-0.2, -0.15) is 0 Å². The molecule has 2 unspecified atom stereocenters. The van der Waals surface area contributed by atoms with Gasteiger partial charge in [-0.25, -0.2) is 13.8 Å². The van der Waals surface area contributed by atoms with E-state index >= 15 is 0 Å². The molecule has 1 saturated heterocycles. The van der Waals surface area contributed by atoms with E-state index in [1.54, 1.807) is 25.3 Å². The van der Waals surface area contributed by atoms with Crippen LogP contribution in [0.3, 0.4) is 0 Å². The number of hydrogen-bond acceptors (Lipinski definition) is 6. The summed E-state index contributed by atoms with van der Waals surface area (Å²) in [6.45, 7) is 2.35.